The number of hydrogen-bond acceptors (Lipinski definition) is 2. The molecule has 82 valence electrons. The molecule has 0 aliphatic carbocycles. The van der Waals surface area contributed by atoms with Crippen LogP contribution in [0.2, 0.25) is 0 Å². The van der Waals surface area contributed by atoms with Gasteiger partial charge in [-0.2, -0.15) is 0 Å². The zero-order valence-corrected chi connectivity index (χ0v) is 9.95. The third-order valence-electron chi connectivity index (χ3n) is 1.99. The van der Waals surface area contributed by atoms with Gasteiger partial charge in [0, 0.05) is 22.9 Å². The minimum absolute atomic E-state index is 0.320. The summed E-state index contributed by atoms with van der Waals surface area (Å²) >= 11 is 3.21. The Balaban J connectivity index is 2.05. The molecule has 4 heteroatoms. The van der Waals surface area contributed by atoms with Crippen molar-refractivity contribution in [1.29, 1.82) is 0 Å². The van der Waals surface area contributed by atoms with Gasteiger partial charge >= 0.3 is 0 Å². The van der Waals surface area contributed by atoms with E-state index in [1.54, 1.807) is 18.5 Å². The lowest BCUT2D eigenvalue weighted by Crippen LogP contribution is -1.95. The zero-order valence-electron chi connectivity index (χ0n) is 8.36. The van der Waals surface area contributed by atoms with Crippen LogP contribution in [0.4, 0.5) is 4.39 Å². The van der Waals surface area contributed by atoms with E-state index in [1.165, 1.54) is 12.1 Å². The van der Waals surface area contributed by atoms with Crippen LogP contribution in [-0.2, 0) is 6.61 Å². The third kappa shape index (κ3) is 3.03. The molecule has 0 bridgehead atoms. The van der Waals surface area contributed by atoms with Crippen LogP contribution >= 0.6 is 15.9 Å². The normalized spacial score (nSPS) is 10.1. The molecule has 1 heterocycles. The molecule has 2 nitrogen and oxygen atoms in total. The van der Waals surface area contributed by atoms with E-state index in [0.717, 1.165) is 5.56 Å². The second kappa shape index (κ2) is 5.07. The minimum Gasteiger partial charge on any atom is -0.489 e. The summed E-state index contributed by atoms with van der Waals surface area (Å²) in [5.41, 5.74) is 0.996. The molecule has 0 fully saturated rings. The van der Waals surface area contributed by atoms with E-state index in [9.17, 15) is 4.39 Å². The van der Waals surface area contributed by atoms with Crippen molar-refractivity contribution in [3.63, 3.8) is 0 Å². The lowest BCUT2D eigenvalue weighted by molar-refractivity contribution is 0.304. The smallest absolute Gasteiger partial charge is 0.128 e. The molecule has 0 aliphatic rings. The van der Waals surface area contributed by atoms with Gasteiger partial charge in [-0.1, -0.05) is 15.9 Å². The molecule has 2 aromatic rings. The maximum absolute atomic E-state index is 13.0. The summed E-state index contributed by atoms with van der Waals surface area (Å²) in [5, 5.41) is 0. The number of nitrogens with zero attached hydrogens (tertiary/aromatic N) is 1. The van der Waals surface area contributed by atoms with E-state index in [4.69, 9.17) is 4.74 Å². The van der Waals surface area contributed by atoms with Gasteiger partial charge in [-0.25, -0.2) is 4.39 Å². The standard InChI is InChI=1S/C12H9BrFNO/c13-10-5-11(14)7-12(6-10)16-8-9-1-3-15-4-2-9/h1-7H,8H2. The molecule has 16 heavy (non-hydrogen) atoms. The monoisotopic (exact) mass is 281 g/mol. The molecule has 0 amide bonds. The second-order valence-electron chi connectivity index (χ2n) is 3.25. The summed E-state index contributed by atoms with van der Waals surface area (Å²) in [5.74, 6) is 0.183. The highest BCUT2D eigenvalue weighted by Gasteiger charge is 2.00. The van der Waals surface area contributed by atoms with E-state index < -0.39 is 0 Å². The largest absolute Gasteiger partial charge is 0.489 e. The average Bonchev–Trinajstić information content (AvgIpc) is 2.27. The summed E-state index contributed by atoms with van der Waals surface area (Å²) in [6.45, 7) is 0.401. The summed E-state index contributed by atoms with van der Waals surface area (Å²) < 4.78 is 19.2. The third-order valence-corrected chi connectivity index (χ3v) is 2.45. The maximum Gasteiger partial charge on any atom is 0.128 e. The van der Waals surface area contributed by atoms with Crippen molar-refractivity contribution < 1.29 is 9.13 Å². The fourth-order valence-corrected chi connectivity index (χ4v) is 1.70. The number of hydrogen-bond donors (Lipinski definition) is 0. The molecule has 1 aromatic carbocycles. The molecule has 0 aliphatic heterocycles. The first-order chi connectivity index (χ1) is 7.74. The van der Waals surface area contributed by atoms with Gasteiger partial charge in [-0.15, -0.1) is 0 Å². The molecular formula is C12H9BrFNO. The molecule has 0 saturated carbocycles. The van der Waals surface area contributed by atoms with Gasteiger partial charge in [0.2, 0.25) is 0 Å². The van der Waals surface area contributed by atoms with Crippen LogP contribution in [0, 0.1) is 5.82 Å². The number of pyridine rings is 1. The van der Waals surface area contributed by atoms with Crippen molar-refractivity contribution in [2.75, 3.05) is 0 Å². The van der Waals surface area contributed by atoms with Gasteiger partial charge in [0.1, 0.15) is 18.2 Å². The van der Waals surface area contributed by atoms with Gasteiger partial charge in [0.25, 0.3) is 0 Å². The summed E-state index contributed by atoms with van der Waals surface area (Å²) in [6, 6.07) is 8.18. The van der Waals surface area contributed by atoms with E-state index in [1.807, 2.05) is 12.1 Å². The van der Waals surface area contributed by atoms with Crippen molar-refractivity contribution in [2.24, 2.45) is 0 Å². The van der Waals surface area contributed by atoms with E-state index in [2.05, 4.69) is 20.9 Å². The molecule has 0 N–H and O–H groups in total. The first-order valence-electron chi connectivity index (χ1n) is 4.72. The first-order valence-corrected chi connectivity index (χ1v) is 5.51. The van der Waals surface area contributed by atoms with Gasteiger partial charge in [0.05, 0.1) is 0 Å². The topological polar surface area (TPSA) is 22.1 Å². The Morgan fingerprint density at radius 3 is 2.62 bits per heavy atom. The van der Waals surface area contributed by atoms with Crippen molar-refractivity contribution >= 4 is 15.9 Å². The van der Waals surface area contributed by atoms with Gasteiger partial charge < -0.3 is 4.74 Å². The van der Waals surface area contributed by atoms with Crippen LogP contribution in [0.1, 0.15) is 5.56 Å². The Labute approximate surface area is 101 Å². The van der Waals surface area contributed by atoms with Crippen LogP contribution in [-0.4, -0.2) is 4.98 Å². The number of halogens is 2. The Morgan fingerprint density at radius 1 is 1.19 bits per heavy atom. The van der Waals surface area contributed by atoms with E-state index >= 15 is 0 Å². The predicted octanol–water partition coefficient (Wildman–Crippen LogP) is 3.56. The van der Waals surface area contributed by atoms with Crippen LogP contribution < -0.4 is 4.74 Å². The highest BCUT2D eigenvalue weighted by atomic mass is 79.9. The summed E-state index contributed by atoms with van der Waals surface area (Å²) in [6.07, 6.45) is 3.39. The van der Waals surface area contributed by atoms with Crippen LogP contribution in [0.15, 0.2) is 47.2 Å². The average molecular weight is 282 g/mol. The van der Waals surface area contributed by atoms with E-state index in [0.29, 0.717) is 16.8 Å². The summed E-state index contributed by atoms with van der Waals surface area (Å²) in [4.78, 5) is 3.91. The molecule has 0 radical (unpaired) electrons. The number of aromatic nitrogens is 1. The van der Waals surface area contributed by atoms with Crippen LogP contribution in [0.5, 0.6) is 5.75 Å². The van der Waals surface area contributed by atoms with Gasteiger partial charge in [-0.3, -0.25) is 4.98 Å². The van der Waals surface area contributed by atoms with Crippen molar-refractivity contribution in [3.05, 3.63) is 58.6 Å². The Hall–Kier alpha value is -1.42. The maximum atomic E-state index is 13.0. The summed E-state index contributed by atoms with van der Waals surface area (Å²) in [7, 11) is 0. The Morgan fingerprint density at radius 2 is 1.94 bits per heavy atom. The van der Waals surface area contributed by atoms with Gasteiger partial charge in [0.15, 0.2) is 0 Å². The van der Waals surface area contributed by atoms with Crippen molar-refractivity contribution in [3.8, 4) is 5.75 Å². The molecule has 2 rings (SSSR count). The zero-order chi connectivity index (χ0) is 11.4. The van der Waals surface area contributed by atoms with Crippen molar-refractivity contribution in [1.82, 2.24) is 4.98 Å². The number of rotatable bonds is 3. The first kappa shape index (κ1) is 11.1. The predicted molar refractivity (Wildman–Crippen MR) is 62.7 cm³/mol. The SMILES string of the molecule is Fc1cc(Br)cc(OCc2ccncc2)c1. The Bertz CT molecular complexity index is 455. The lowest BCUT2D eigenvalue weighted by atomic mass is 10.3. The van der Waals surface area contributed by atoms with E-state index in [-0.39, 0.29) is 5.82 Å². The highest BCUT2D eigenvalue weighted by Crippen LogP contribution is 2.21. The lowest BCUT2D eigenvalue weighted by Gasteiger charge is -2.06. The fraction of sp³-hybridized carbons (Fsp3) is 0.0833. The molecule has 0 spiro atoms. The quantitative estimate of drug-likeness (QED) is 0.858. The van der Waals surface area contributed by atoms with Crippen LogP contribution in [0.25, 0.3) is 0 Å². The molecule has 0 atom stereocenters. The minimum atomic E-state index is -0.320. The Kier molecular flexibility index (Phi) is 3.51. The highest BCUT2D eigenvalue weighted by molar-refractivity contribution is 9.10. The number of benzene rings is 1. The second-order valence-corrected chi connectivity index (χ2v) is 4.16. The molecular weight excluding hydrogens is 273 g/mol. The fourth-order valence-electron chi connectivity index (χ4n) is 1.26. The molecule has 0 saturated heterocycles. The van der Waals surface area contributed by atoms with Crippen molar-refractivity contribution in [2.45, 2.75) is 6.61 Å². The van der Waals surface area contributed by atoms with Crippen LogP contribution in [0.3, 0.4) is 0 Å². The number of ether oxygens (including phenoxy) is 1. The molecule has 0 unspecified atom stereocenters. The van der Waals surface area contributed by atoms with Gasteiger partial charge in [-0.05, 0) is 29.8 Å². The molecule has 1 aromatic heterocycles.